The van der Waals surface area contributed by atoms with Crippen LogP contribution in [0, 0.1) is 12.7 Å². The molecule has 7 heteroatoms. The fourth-order valence-corrected chi connectivity index (χ4v) is 3.95. The highest BCUT2D eigenvalue weighted by atomic mass is 79.9. The molecule has 0 spiro atoms. The van der Waals surface area contributed by atoms with Crippen molar-refractivity contribution in [1.82, 2.24) is 4.31 Å². The number of hydrogen-bond donors (Lipinski definition) is 1. The molecule has 112 valence electrons. The minimum Gasteiger partial charge on any atom is -0.271 e. The molecule has 1 N–H and O–H groups in total. The van der Waals surface area contributed by atoms with E-state index in [1.165, 1.54) is 16.4 Å². The van der Waals surface area contributed by atoms with Crippen LogP contribution in [0.25, 0.3) is 0 Å². The highest BCUT2D eigenvalue weighted by molar-refractivity contribution is 9.10. The third-order valence-corrected chi connectivity index (χ3v) is 5.54. The molecule has 1 aliphatic heterocycles. The number of hydrogen-bond acceptors (Lipinski definition) is 2. The van der Waals surface area contributed by atoms with E-state index in [0.29, 0.717) is 24.3 Å². The zero-order chi connectivity index (χ0) is 14.8. The number of halogens is 2. The molecule has 1 aliphatic rings. The zero-order valence-electron chi connectivity index (χ0n) is 11.3. The first kappa shape index (κ1) is 15.7. The van der Waals surface area contributed by atoms with Crippen LogP contribution < -0.4 is 4.72 Å². The van der Waals surface area contributed by atoms with Gasteiger partial charge in [-0.05, 0) is 53.4 Å². The molecule has 0 aliphatic carbocycles. The highest BCUT2D eigenvalue weighted by Gasteiger charge is 2.23. The molecule has 1 aromatic carbocycles. The summed E-state index contributed by atoms with van der Waals surface area (Å²) >= 11 is 3.07. The second-order valence-electron chi connectivity index (χ2n) is 5.00. The second kappa shape index (κ2) is 6.41. The largest absolute Gasteiger partial charge is 0.301 e. The predicted octanol–water partition coefficient (Wildman–Crippen LogP) is 3.43. The topological polar surface area (TPSA) is 49.4 Å². The molecule has 0 aromatic heterocycles. The summed E-state index contributed by atoms with van der Waals surface area (Å²) in [6, 6.07) is 2.77. The lowest BCUT2D eigenvalue weighted by Crippen LogP contribution is -2.36. The second-order valence-corrected chi connectivity index (χ2v) is 7.53. The van der Waals surface area contributed by atoms with E-state index in [0.717, 1.165) is 25.7 Å². The van der Waals surface area contributed by atoms with Gasteiger partial charge in [0.1, 0.15) is 5.82 Å². The lowest BCUT2D eigenvalue weighted by atomic mass is 10.2. The van der Waals surface area contributed by atoms with Gasteiger partial charge in [0.2, 0.25) is 0 Å². The molecule has 0 bridgehead atoms. The van der Waals surface area contributed by atoms with E-state index < -0.39 is 16.0 Å². The van der Waals surface area contributed by atoms with Crippen molar-refractivity contribution in [2.45, 2.75) is 32.6 Å². The minimum absolute atomic E-state index is 0.247. The van der Waals surface area contributed by atoms with Crippen molar-refractivity contribution in [3.05, 3.63) is 28.0 Å². The van der Waals surface area contributed by atoms with Crippen LogP contribution in [-0.4, -0.2) is 25.8 Å². The molecular weight excluding hydrogens is 347 g/mol. The summed E-state index contributed by atoms with van der Waals surface area (Å²) in [5.74, 6) is -0.403. The fourth-order valence-electron chi connectivity index (χ4n) is 2.24. The summed E-state index contributed by atoms with van der Waals surface area (Å²) in [6.07, 6.45) is 3.89. The van der Waals surface area contributed by atoms with Gasteiger partial charge in [-0.15, -0.1) is 0 Å². The van der Waals surface area contributed by atoms with Gasteiger partial charge in [-0.1, -0.05) is 12.8 Å². The van der Waals surface area contributed by atoms with E-state index in [1.54, 1.807) is 6.92 Å². The van der Waals surface area contributed by atoms with Crippen molar-refractivity contribution in [2.75, 3.05) is 17.8 Å². The number of aryl methyl sites for hydroxylation is 1. The van der Waals surface area contributed by atoms with E-state index in [1.807, 2.05) is 0 Å². The fraction of sp³-hybridized carbons (Fsp3) is 0.538. The van der Waals surface area contributed by atoms with E-state index in [2.05, 4.69) is 20.7 Å². The van der Waals surface area contributed by atoms with E-state index in [4.69, 9.17) is 0 Å². The molecule has 0 amide bonds. The van der Waals surface area contributed by atoms with Gasteiger partial charge in [-0.3, -0.25) is 4.72 Å². The first-order valence-corrected chi connectivity index (χ1v) is 8.87. The predicted molar refractivity (Wildman–Crippen MR) is 81.4 cm³/mol. The molecule has 0 saturated carbocycles. The van der Waals surface area contributed by atoms with Gasteiger partial charge >= 0.3 is 10.2 Å². The lowest BCUT2D eigenvalue weighted by Gasteiger charge is -2.21. The number of anilines is 1. The maximum Gasteiger partial charge on any atom is 0.301 e. The Morgan fingerprint density at radius 3 is 2.40 bits per heavy atom. The van der Waals surface area contributed by atoms with Crippen molar-refractivity contribution in [1.29, 1.82) is 0 Å². The summed E-state index contributed by atoms with van der Waals surface area (Å²) in [4.78, 5) is 0. The molecule has 4 nitrogen and oxygen atoms in total. The van der Waals surface area contributed by atoms with Gasteiger partial charge in [0.05, 0.1) is 10.2 Å². The van der Waals surface area contributed by atoms with Crippen molar-refractivity contribution < 1.29 is 12.8 Å². The van der Waals surface area contributed by atoms with Crippen LogP contribution in [0.2, 0.25) is 0 Å². The molecule has 2 rings (SSSR count). The Hall–Kier alpha value is -0.660. The molecule has 1 fully saturated rings. The van der Waals surface area contributed by atoms with Crippen molar-refractivity contribution in [2.24, 2.45) is 0 Å². The van der Waals surface area contributed by atoms with Crippen LogP contribution in [0.15, 0.2) is 16.6 Å². The number of rotatable bonds is 3. The van der Waals surface area contributed by atoms with Crippen LogP contribution in [0.4, 0.5) is 10.1 Å². The Morgan fingerprint density at radius 1 is 1.20 bits per heavy atom. The van der Waals surface area contributed by atoms with Gasteiger partial charge in [0.15, 0.2) is 0 Å². The molecule has 1 saturated heterocycles. The van der Waals surface area contributed by atoms with E-state index in [-0.39, 0.29) is 4.47 Å². The third-order valence-electron chi connectivity index (χ3n) is 3.41. The van der Waals surface area contributed by atoms with Gasteiger partial charge in [0.25, 0.3) is 0 Å². The van der Waals surface area contributed by atoms with Crippen LogP contribution >= 0.6 is 15.9 Å². The van der Waals surface area contributed by atoms with Crippen LogP contribution in [0.5, 0.6) is 0 Å². The van der Waals surface area contributed by atoms with Crippen molar-refractivity contribution in [3.8, 4) is 0 Å². The molecule has 0 atom stereocenters. The van der Waals surface area contributed by atoms with Crippen LogP contribution in [0.3, 0.4) is 0 Å². The molecule has 0 unspecified atom stereocenters. The van der Waals surface area contributed by atoms with Crippen LogP contribution in [-0.2, 0) is 10.2 Å². The average molecular weight is 365 g/mol. The SMILES string of the molecule is Cc1cc(F)c(Br)cc1NS(=O)(=O)N1CCCCCC1. The Bertz CT molecular complexity index is 584. The number of benzene rings is 1. The molecule has 20 heavy (non-hydrogen) atoms. The van der Waals surface area contributed by atoms with E-state index >= 15 is 0 Å². The molecule has 1 aromatic rings. The monoisotopic (exact) mass is 364 g/mol. The Labute approximate surface area is 127 Å². The van der Waals surface area contributed by atoms with Crippen molar-refractivity contribution in [3.63, 3.8) is 0 Å². The lowest BCUT2D eigenvalue weighted by molar-refractivity contribution is 0.427. The van der Waals surface area contributed by atoms with Gasteiger partial charge < -0.3 is 0 Å². The Morgan fingerprint density at radius 2 is 1.80 bits per heavy atom. The molecule has 1 heterocycles. The smallest absolute Gasteiger partial charge is 0.271 e. The Kier molecular flexibility index (Phi) is 5.04. The number of nitrogens with one attached hydrogen (secondary N) is 1. The first-order chi connectivity index (χ1) is 9.40. The first-order valence-electron chi connectivity index (χ1n) is 6.64. The van der Waals surface area contributed by atoms with Crippen molar-refractivity contribution >= 4 is 31.8 Å². The van der Waals surface area contributed by atoms with Crippen LogP contribution in [0.1, 0.15) is 31.2 Å². The maximum absolute atomic E-state index is 13.4. The quantitative estimate of drug-likeness (QED) is 0.892. The molecular formula is C13H18BrFN2O2S. The minimum atomic E-state index is -3.57. The van der Waals surface area contributed by atoms with Gasteiger partial charge in [-0.2, -0.15) is 12.7 Å². The maximum atomic E-state index is 13.4. The number of nitrogens with zero attached hydrogens (tertiary/aromatic N) is 1. The van der Waals surface area contributed by atoms with Gasteiger partial charge in [0, 0.05) is 13.1 Å². The summed E-state index contributed by atoms with van der Waals surface area (Å²) in [5, 5.41) is 0. The third kappa shape index (κ3) is 3.71. The normalized spacial score (nSPS) is 17.8. The summed E-state index contributed by atoms with van der Waals surface area (Å²) in [5.41, 5.74) is 0.964. The van der Waals surface area contributed by atoms with E-state index in [9.17, 15) is 12.8 Å². The Balaban J connectivity index is 2.21. The highest BCUT2D eigenvalue weighted by Crippen LogP contribution is 2.26. The summed E-state index contributed by atoms with van der Waals surface area (Å²) in [6.45, 7) is 2.75. The standard InChI is InChI=1S/C13H18BrFN2O2S/c1-10-8-12(15)11(14)9-13(10)16-20(18,19)17-6-4-2-3-5-7-17/h8-9,16H,2-7H2,1H3. The molecule has 0 radical (unpaired) electrons. The zero-order valence-corrected chi connectivity index (χ0v) is 13.7. The summed E-state index contributed by atoms with van der Waals surface area (Å²) in [7, 11) is -3.57. The van der Waals surface area contributed by atoms with Gasteiger partial charge in [-0.25, -0.2) is 4.39 Å². The average Bonchev–Trinajstić information content (AvgIpc) is 2.65. The summed E-state index contributed by atoms with van der Waals surface area (Å²) < 4.78 is 42.4.